The van der Waals surface area contributed by atoms with Gasteiger partial charge in [0.15, 0.2) is 11.3 Å². The lowest BCUT2D eigenvalue weighted by Crippen LogP contribution is -2.36. The minimum atomic E-state index is 0.635. The molecule has 20 heavy (non-hydrogen) atoms. The van der Waals surface area contributed by atoms with Crippen LogP contribution in [0.1, 0.15) is 51.8 Å². The summed E-state index contributed by atoms with van der Waals surface area (Å²) >= 11 is 0. The molecular weight excluding hydrogens is 250 g/mol. The Kier molecular flexibility index (Phi) is 3.59. The van der Waals surface area contributed by atoms with Crippen molar-refractivity contribution in [2.45, 2.75) is 52.5 Å². The van der Waals surface area contributed by atoms with Crippen molar-refractivity contribution in [2.24, 2.45) is 5.92 Å². The third kappa shape index (κ3) is 2.62. The number of nitrogens with one attached hydrogen (secondary N) is 2. The molecule has 2 N–H and O–H groups in total. The number of hydrogen-bond donors (Lipinski definition) is 2. The van der Waals surface area contributed by atoms with Gasteiger partial charge in [-0.05, 0) is 32.1 Å². The van der Waals surface area contributed by atoms with Gasteiger partial charge in [-0.1, -0.05) is 23.8 Å². The van der Waals surface area contributed by atoms with Crippen LogP contribution >= 0.6 is 0 Å². The Morgan fingerprint density at radius 1 is 1.45 bits per heavy atom. The minimum Gasteiger partial charge on any atom is -0.355 e. The van der Waals surface area contributed by atoms with Crippen LogP contribution in [0.15, 0.2) is 6.33 Å². The van der Waals surface area contributed by atoms with E-state index in [1.807, 2.05) is 6.33 Å². The zero-order valence-corrected chi connectivity index (χ0v) is 12.6. The number of fused-ring (bicyclic) bond motifs is 1. The Morgan fingerprint density at radius 2 is 2.25 bits per heavy atom. The molecule has 0 bridgehead atoms. The molecule has 5 nitrogen and oxygen atoms in total. The maximum Gasteiger partial charge on any atom is 0.293 e. The number of anilines is 1. The summed E-state index contributed by atoms with van der Waals surface area (Å²) in [5, 5.41) is 3.32. The zero-order chi connectivity index (χ0) is 14.1. The van der Waals surface area contributed by atoms with Gasteiger partial charge in [0.1, 0.15) is 0 Å². The van der Waals surface area contributed by atoms with Gasteiger partial charge in [-0.3, -0.25) is 0 Å². The molecule has 2 aromatic rings. The number of aromatic nitrogens is 4. The first-order valence-corrected chi connectivity index (χ1v) is 7.71. The van der Waals surface area contributed by atoms with Crippen LogP contribution in [-0.4, -0.2) is 21.5 Å². The molecule has 0 aliphatic heterocycles. The van der Waals surface area contributed by atoms with Gasteiger partial charge >= 0.3 is 0 Å². The van der Waals surface area contributed by atoms with Crippen LogP contribution in [0.5, 0.6) is 0 Å². The second-order valence-electron chi connectivity index (χ2n) is 6.09. The Bertz CT molecular complexity index is 598. The Labute approximate surface area is 119 Å². The van der Waals surface area contributed by atoms with Crippen LogP contribution in [-0.2, 0) is 6.54 Å². The van der Waals surface area contributed by atoms with Crippen molar-refractivity contribution in [1.82, 2.24) is 15.0 Å². The maximum absolute atomic E-state index is 4.82. The predicted octanol–water partition coefficient (Wildman–Crippen LogP) is 2.60. The Hall–Kier alpha value is -1.65. The van der Waals surface area contributed by atoms with E-state index in [0.717, 1.165) is 42.3 Å². The lowest BCUT2D eigenvalue weighted by Gasteiger charge is -2.05. The molecule has 5 heteroatoms. The molecule has 1 aliphatic carbocycles. The minimum absolute atomic E-state index is 0.635. The summed E-state index contributed by atoms with van der Waals surface area (Å²) in [6.45, 7) is 8.43. The van der Waals surface area contributed by atoms with Crippen molar-refractivity contribution in [1.29, 1.82) is 0 Å². The molecule has 0 unspecified atom stereocenters. The van der Waals surface area contributed by atoms with Crippen molar-refractivity contribution in [2.75, 3.05) is 11.9 Å². The fourth-order valence-corrected chi connectivity index (χ4v) is 2.41. The van der Waals surface area contributed by atoms with Crippen molar-refractivity contribution in [3.63, 3.8) is 0 Å². The highest BCUT2D eigenvalue weighted by Gasteiger charge is 2.31. The molecule has 0 saturated heterocycles. The lowest BCUT2D eigenvalue weighted by atomic mass is 10.1. The topological polar surface area (TPSA) is 57.5 Å². The van der Waals surface area contributed by atoms with Gasteiger partial charge in [0.05, 0.1) is 6.54 Å². The molecular formula is C15H24N5+. The highest BCUT2D eigenvalue weighted by atomic mass is 15.2. The molecule has 2 heterocycles. The third-order valence-electron chi connectivity index (χ3n) is 3.79. The van der Waals surface area contributed by atoms with E-state index >= 15 is 0 Å². The van der Waals surface area contributed by atoms with E-state index in [1.165, 1.54) is 12.8 Å². The van der Waals surface area contributed by atoms with Gasteiger partial charge in [-0.15, -0.1) is 0 Å². The number of rotatable bonds is 6. The molecule has 1 aliphatic rings. The van der Waals surface area contributed by atoms with Gasteiger partial charge in [0, 0.05) is 12.5 Å². The van der Waals surface area contributed by atoms with E-state index in [4.69, 9.17) is 4.98 Å². The van der Waals surface area contributed by atoms with Crippen molar-refractivity contribution in [3.05, 3.63) is 12.2 Å². The molecule has 3 rings (SSSR count). The summed E-state index contributed by atoms with van der Waals surface area (Å²) in [6, 6.07) is 0. The van der Waals surface area contributed by atoms with Crippen LogP contribution in [0, 0.1) is 5.92 Å². The first kappa shape index (κ1) is 13.3. The fourth-order valence-electron chi connectivity index (χ4n) is 2.41. The van der Waals surface area contributed by atoms with Crippen LogP contribution < -0.4 is 9.88 Å². The molecule has 108 valence electrons. The number of imidazole rings is 1. The quantitative estimate of drug-likeness (QED) is 0.796. The average Bonchev–Trinajstić information content (AvgIpc) is 3.17. The Morgan fingerprint density at radius 3 is 2.90 bits per heavy atom. The van der Waals surface area contributed by atoms with Gasteiger partial charge in [0.2, 0.25) is 12.1 Å². The van der Waals surface area contributed by atoms with Crippen molar-refractivity contribution in [3.8, 4) is 0 Å². The highest BCUT2D eigenvalue weighted by Crippen LogP contribution is 2.39. The summed E-state index contributed by atoms with van der Waals surface area (Å²) in [4.78, 5) is 12.9. The molecule has 2 aromatic heterocycles. The number of H-pyrrole nitrogens is 1. The molecule has 0 aromatic carbocycles. The molecule has 0 atom stereocenters. The van der Waals surface area contributed by atoms with Crippen LogP contribution in [0.2, 0.25) is 0 Å². The summed E-state index contributed by atoms with van der Waals surface area (Å²) < 4.78 is 2.18. The van der Waals surface area contributed by atoms with E-state index in [2.05, 4.69) is 40.6 Å². The van der Waals surface area contributed by atoms with E-state index in [0.29, 0.717) is 11.8 Å². The van der Waals surface area contributed by atoms with Gasteiger partial charge < -0.3 is 10.3 Å². The van der Waals surface area contributed by atoms with Gasteiger partial charge in [0.25, 0.3) is 5.65 Å². The monoisotopic (exact) mass is 274 g/mol. The second kappa shape index (κ2) is 5.38. The first-order chi connectivity index (χ1) is 9.69. The largest absolute Gasteiger partial charge is 0.355 e. The van der Waals surface area contributed by atoms with Gasteiger partial charge in [-0.25, -0.2) is 4.57 Å². The summed E-state index contributed by atoms with van der Waals surface area (Å²) in [5.41, 5.74) is 2.10. The normalized spacial score (nSPS) is 15.2. The van der Waals surface area contributed by atoms with Crippen molar-refractivity contribution >= 4 is 17.0 Å². The fraction of sp³-hybridized carbons (Fsp3) is 0.667. The lowest BCUT2D eigenvalue weighted by molar-refractivity contribution is -0.677. The summed E-state index contributed by atoms with van der Waals surface area (Å²) in [6.07, 6.45) is 5.58. The molecule has 0 spiro atoms. The molecule has 1 saturated carbocycles. The van der Waals surface area contributed by atoms with Crippen LogP contribution in [0.3, 0.4) is 0 Å². The number of nitrogens with zero attached hydrogens (tertiary/aromatic N) is 3. The zero-order valence-electron chi connectivity index (χ0n) is 12.6. The van der Waals surface area contributed by atoms with E-state index in [1.54, 1.807) is 0 Å². The molecule has 0 radical (unpaired) electrons. The maximum atomic E-state index is 4.82. The summed E-state index contributed by atoms with van der Waals surface area (Å²) in [5.74, 6) is 3.37. The number of hydrogen-bond acceptors (Lipinski definition) is 3. The summed E-state index contributed by atoms with van der Waals surface area (Å²) in [7, 11) is 0. The smallest absolute Gasteiger partial charge is 0.293 e. The van der Waals surface area contributed by atoms with E-state index in [-0.39, 0.29) is 0 Å². The predicted molar refractivity (Wildman–Crippen MR) is 79.7 cm³/mol. The average molecular weight is 274 g/mol. The Balaban J connectivity index is 1.99. The molecule has 0 amide bonds. The van der Waals surface area contributed by atoms with Gasteiger partial charge in [-0.2, -0.15) is 0 Å². The first-order valence-electron chi connectivity index (χ1n) is 7.71. The molecule has 1 fully saturated rings. The number of aryl methyl sites for hydroxylation is 1. The highest BCUT2D eigenvalue weighted by molar-refractivity contribution is 5.80. The third-order valence-corrected chi connectivity index (χ3v) is 3.79. The van der Waals surface area contributed by atoms with E-state index in [9.17, 15) is 0 Å². The standard InChI is InChI=1S/C15H23N5/c1-4-16-14-12-15(19-13(18-12)11-5-6-11)20(9-17-14)8-7-10(2)3/h9-11H,4-8H2,1-3H3,(H,16,18,19)/p+1. The van der Waals surface area contributed by atoms with Crippen molar-refractivity contribution < 1.29 is 4.57 Å². The SMILES string of the molecule is CCNc1nc[n+](CCC(C)C)c2nc(C3CC3)[nH]c12. The van der Waals surface area contributed by atoms with E-state index < -0.39 is 0 Å². The number of aromatic amines is 1. The second-order valence-corrected chi connectivity index (χ2v) is 6.09. The van der Waals surface area contributed by atoms with Crippen LogP contribution in [0.25, 0.3) is 11.2 Å². The van der Waals surface area contributed by atoms with Crippen LogP contribution in [0.4, 0.5) is 5.82 Å².